The molecule has 1 N–H and O–H groups in total. The molecule has 0 spiro atoms. The second-order valence-corrected chi connectivity index (χ2v) is 7.78. The second-order valence-electron chi connectivity index (χ2n) is 5.79. The van der Waals surface area contributed by atoms with E-state index in [4.69, 9.17) is 4.42 Å². The molecule has 1 heterocycles. The minimum atomic E-state index is -3.51. The van der Waals surface area contributed by atoms with E-state index < -0.39 is 9.84 Å². The van der Waals surface area contributed by atoms with E-state index in [-0.39, 0.29) is 22.3 Å². The summed E-state index contributed by atoms with van der Waals surface area (Å²) in [4.78, 5) is 12.4. The number of hydrogen-bond acceptors (Lipinski definition) is 4. The van der Waals surface area contributed by atoms with E-state index >= 15 is 0 Å². The molecule has 1 aromatic carbocycles. The largest absolute Gasteiger partial charge is 0.459 e. The van der Waals surface area contributed by atoms with E-state index in [9.17, 15) is 13.2 Å². The van der Waals surface area contributed by atoms with Crippen molar-refractivity contribution in [3.8, 4) is 0 Å². The Morgan fingerprint density at radius 3 is 2.52 bits per heavy atom. The fourth-order valence-electron chi connectivity index (χ4n) is 2.12. The Morgan fingerprint density at radius 2 is 1.87 bits per heavy atom. The summed E-state index contributed by atoms with van der Waals surface area (Å²) in [5.74, 6) is -0.104. The number of benzene rings is 1. The summed E-state index contributed by atoms with van der Waals surface area (Å²) >= 11 is 0. The van der Waals surface area contributed by atoms with Crippen LogP contribution in [-0.2, 0) is 15.6 Å². The van der Waals surface area contributed by atoms with Gasteiger partial charge in [-0.05, 0) is 30.5 Å². The lowest BCUT2D eigenvalue weighted by atomic mass is 10.1. The van der Waals surface area contributed by atoms with Gasteiger partial charge >= 0.3 is 0 Å². The van der Waals surface area contributed by atoms with Gasteiger partial charge in [0.25, 0.3) is 5.91 Å². The summed E-state index contributed by atoms with van der Waals surface area (Å²) < 4.78 is 30.0. The SMILES string of the molecule is CC(C)CCNC(=O)c1occc1CS(=O)(=O)c1ccccc1. The summed E-state index contributed by atoms with van der Waals surface area (Å²) in [5, 5.41) is 2.75. The molecule has 6 heteroatoms. The molecule has 2 rings (SSSR count). The van der Waals surface area contributed by atoms with Gasteiger partial charge in [-0.3, -0.25) is 4.79 Å². The third kappa shape index (κ3) is 4.69. The monoisotopic (exact) mass is 335 g/mol. The molecule has 1 aromatic heterocycles. The molecule has 0 radical (unpaired) electrons. The molecule has 0 unspecified atom stereocenters. The lowest BCUT2D eigenvalue weighted by Gasteiger charge is -2.07. The van der Waals surface area contributed by atoms with Gasteiger partial charge in [-0.15, -0.1) is 0 Å². The van der Waals surface area contributed by atoms with Crippen molar-refractivity contribution in [3.05, 3.63) is 54.0 Å². The predicted octanol–water partition coefficient (Wildman–Crippen LogP) is 3.03. The molecule has 124 valence electrons. The molecule has 0 atom stereocenters. The smallest absolute Gasteiger partial charge is 0.287 e. The summed E-state index contributed by atoms with van der Waals surface area (Å²) in [7, 11) is -3.51. The van der Waals surface area contributed by atoms with Crippen LogP contribution in [0.1, 0.15) is 36.4 Å². The van der Waals surface area contributed by atoms with E-state index in [0.29, 0.717) is 18.0 Å². The summed E-state index contributed by atoms with van der Waals surface area (Å²) in [6, 6.07) is 9.70. The number of sulfone groups is 1. The summed E-state index contributed by atoms with van der Waals surface area (Å²) in [6.07, 6.45) is 2.19. The first-order valence-electron chi connectivity index (χ1n) is 7.52. The first-order valence-corrected chi connectivity index (χ1v) is 9.18. The molecule has 0 aliphatic carbocycles. The average Bonchev–Trinajstić information content (AvgIpc) is 2.95. The molecule has 0 saturated heterocycles. The van der Waals surface area contributed by atoms with Crippen molar-refractivity contribution < 1.29 is 17.6 Å². The molecular weight excluding hydrogens is 314 g/mol. The quantitative estimate of drug-likeness (QED) is 0.844. The van der Waals surface area contributed by atoms with Gasteiger partial charge in [0.15, 0.2) is 15.6 Å². The van der Waals surface area contributed by atoms with Crippen molar-refractivity contribution in [2.45, 2.75) is 30.9 Å². The summed E-state index contributed by atoms with van der Waals surface area (Å²) in [6.45, 7) is 4.66. The van der Waals surface area contributed by atoms with Crippen LogP contribution in [0, 0.1) is 5.92 Å². The Morgan fingerprint density at radius 1 is 1.17 bits per heavy atom. The molecule has 23 heavy (non-hydrogen) atoms. The Bertz CT molecular complexity index is 748. The number of amides is 1. The molecule has 0 fully saturated rings. The van der Waals surface area contributed by atoms with E-state index in [2.05, 4.69) is 19.2 Å². The summed E-state index contributed by atoms with van der Waals surface area (Å²) in [5.41, 5.74) is 0.371. The maximum atomic E-state index is 12.4. The molecule has 0 aliphatic heterocycles. The van der Waals surface area contributed by atoms with Crippen molar-refractivity contribution in [1.29, 1.82) is 0 Å². The second kappa shape index (κ2) is 7.46. The predicted molar refractivity (Wildman–Crippen MR) is 87.8 cm³/mol. The molecule has 0 aliphatic rings. The third-order valence-electron chi connectivity index (χ3n) is 3.41. The fraction of sp³-hybridized carbons (Fsp3) is 0.353. The lowest BCUT2D eigenvalue weighted by Crippen LogP contribution is -2.26. The van der Waals surface area contributed by atoms with Crippen molar-refractivity contribution in [2.24, 2.45) is 5.92 Å². The van der Waals surface area contributed by atoms with Gasteiger partial charge in [0.2, 0.25) is 0 Å². The minimum absolute atomic E-state index is 0.0632. The first kappa shape index (κ1) is 17.3. The average molecular weight is 335 g/mol. The van der Waals surface area contributed by atoms with Crippen molar-refractivity contribution in [2.75, 3.05) is 6.54 Å². The number of carbonyl (C=O) groups is 1. The van der Waals surface area contributed by atoms with Gasteiger partial charge in [-0.25, -0.2) is 8.42 Å². The highest BCUT2D eigenvalue weighted by molar-refractivity contribution is 7.90. The number of nitrogens with one attached hydrogen (secondary N) is 1. The highest BCUT2D eigenvalue weighted by Crippen LogP contribution is 2.19. The molecule has 0 saturated carbocycles. The van der Waals surface area contributed by atoms with Crippen molar-refractivity contribution in [3.63, 3.8) is 0 Å². The van der Waals surface area contributed by atoms with Gasteiger partial charge in [-0.1, -0.05) is 32.0 Å². The number of carbonyl (C=O) groups excluding carboxylic acids is 1. The normalized spacial score (nSPS) is 11.6. The number of rotatable bonds is 7. The van der Waals surface area contributed by atoms with Crippen LogP contribution < -0.4 is 5.32 Å². The van der Waals surface area contributed by atoms with Crippen LogP contribution in [0.5, 0.6) is 0 Å². The van der Waals surface area contributed by atoms with Gasteiger partial charge in [0.05, 0.1) is 16.9 Å². The van der Waals surface area contributed by atoms with Crippen LogP contribution in [0.4, 0.5) is 0 Å². The van der Waals surface area contributed by atoms with E-state index in [1.54, 1.807) is 18.2 Å². The van der Waals surface area contributed by atoms with Gasteiger partial charge in [0.1, 0.15) is 0 Å². The minimum Gasteiger partial charge on any atom is -0.459 e. The Hall–Kier alpha value is -2.08. The maximum Gasteiger partial charge on any atom is 0.287 e. The van der Waals surface area contributed by atoms with Crippen LogP contribution in [0.3, 0.4) is 0 Å². The lowest BCUT2D eigenvalue weighted by molar-refractivity contribution is 0.0923. The number of hydrogen-bond donors (Lipinski definition) is 1. The standard InChI is InChI=1S/C17H21NO4S/c1-13(2)8-10-18-17(19)16-14(9-11-22-16)12-23(20,21)15-6-4-3-5-7-15/h3-7,9,11,13H,8,10,12H2,1-2H3,(H,18,19). The van der Waals surface area contributed by atoms with Crippen molar-refractivity contribution >= 4 is 15.7 Å². The van der Waals surface area contributed by atoms with Crippen LogP contribution in [0.2, 0.25) is 0 Å². The van der Waals surface area contributed by atoms with Gasteiger partial charge in [-0.2, -0.15) is 0 Å². The molecular formula is C17H21NO4S. The van der Waals surface area contributed by atoms with E-state index in [0.717, 1.165) is 6.42 Å². The molecule has 0 bridgehead atoms. The first-order chi connectivity index (χ1) is 10.9. The van der Waals surface area contributed by atoms with Crippen LogP contribution in [0.25, 0.3) is 0 Å². The van der Waals surface area contributed by atoms with Gasteiger partial charge in [0, 0.05) is 12.1 Å². The zero-order chi connectivity index (χ0) is 16.9. The zero-order valence-electron chi connectivity index (χ0n) is 13.3. The number of furan rings is 1. The molecule has 1 amide bonds. The van der Waals surface area contributed by atoms with Gasteiger partial charge < -0.3 is 9.73 Å². The topological polar surface area (TPSA) is 76.4 Å². The fourth-order valence-corrected chi connectivity index (χ4v) is 3.49. The third-order valence-corrected chi connectivity index (χ3v) is 5.09. The molecule has 2 aromatic rings. The Balaban J connectivity index is 2.11. The van der Waals surface area contributed by atoms with E-state index in [1.807, 2.05) is 0 Å². The van der Waals surface area contributed by atoms with Crippen molar-refractivity contribution in [1.82, 2.24) is 5.32 Å². The molecule has 5 nitrogen and oxygen atoms in total. The Kier molecular flexibility index (Phi) is 5.60. The van der Waals surface area contributed by atoms with Crippen LogP contribution in [-0.4, -0.2) is 20.9 Å². The van der Waals surface area contributed by atoms with Crippen LogP contribution >= 0.6 is 0 Å². The highest BCUT2D eigenvalue weighted by Gasteiger charge is 2.22. The maximum absolute atomic E-state index is 12.4. The van der Waals surface area contributed by atoms with Crippen LogP contribution in [0.15, 0.2) is 52.0 Å². The van der Waals surface area contributed by atoms with E-state index in [1.165, 1.54) is 24.5 Å². The Labute approximate surface area is 136 Å². The highest BCUT2D eigenvalue weighted by atomic mass is 32.2. The zero-order valence-corrected chi connectivity index (χ0v) is 14.1.